The molecule has 2 amide bonds. The molecule has 0 aromatic heterocycles. The van der Waals surface area contributed by atoms with Crippen LogP contribution in [0.25, 0.3) is 0 Å². The number of hydrogen-bond donors (Lipinski definition) is 1. The highest BCUT2D eigenvalue weighted by atomic mass is 16.2. The molecule has 4 nitrogen and oxygen atoms in total. The lowest BCUT2D eigenvalue weighted by Crippen LogP contribution is -2.43. The number of carbonyl (C=O) groups excluding carboxylic acids is 2. The van der Waals surface area contributed by atoms with Gasteiger partial charge in [0.25, 0.3) is 0 Å². The Labute approximate surface area is 110 Å². The number of amides is 2. The van der Waals surface area contributed by atoms with Gasteiger partial charge in [0, 0.05) is 32.5 Å². The van der Waals surface area contributed by atoms with E-state index in [2.05, 4.69) is 19.2 Å². The first-order valence-electron chi connectivity index (χ1n) is 7.11. The van der Waals surface area contributed by atoms with E-state index in [9.17, 15) is 9.59 Å². The largest absolute Gasteiger partial charge is 0.356 e. The van der Waals surface area contributed by atoms with Gasteiger partial charge in [0.15, 0.2) is 0 Å². The fourth-order valence-electron chi connectivity index (χ4n) is 2.42. The first-order chi connectivity index (χ1) is 8.58. The summed E-state index contributed by atoms with van der Waals surface area (Å²) in [7, 11) is 0. The molecule has 18 heavy (non-hydrogen) atoms. The smallest absolute Gasteiger partial charge is 0.223 e. The highest BCUT2D eigenvalue weighted by molar-refractivity contribution is 5.79. The van der Waals surface area contributed by atoms with Crippen LogP contribution in [0.3, 0.4) is 0 Å². The number of nitrogens with zero attached hydrogens (tertiary/aromatic N) is 1. The highest BCUT2D eigenvalue weighted by Crippen LogP contribution is 2.17. The number of nitrogens with one attached hydrogen (secondary N) is 1. The second-order valence-corrected chi connectivity index (χ2v) is 5.21. The Kier molecular flexibility index (Phi) is 6.16. The van der Waals surface area contributed by atoms with Crippen molar-refractivity contribution in [2.75, 3.05) is 19.6 Å². The molecule has 0 spiro atoms. The van der Waals surface area contributed by atoms with Gasteiger partial charge in [0.1, 0.15) is 0 Å². The quantitative estimate of drug-likeness (QED) is 0.813. The summed E-state index contributed by atoms with van der Waals surface area (Å²) in [6.07, 6.45) is 3.82. The van der Waals surface area contributed by atoms with E-state index in [4.69, 9.17) is 0 Å². The molecule has 0 unspecified atom stereocenters. The highest BCUT2D eigenvalue weighted by Gasteiger charge is 2.25. The van der Waals surface area contributed by atoms with E-state index in [-0.39, 0.29) is 17.7 Å². The zero-order valence-corrected chi connectivity index (χ0v) is 11.9. The molecule has 104 valence electrons. The lowest BCUT2D eigenvalue weighted by Gasteiger charge is -2.30. The minimum absolute atomic E-state index is 0.0926. The lowest BCUT2D eigenvalue weighted by atomic mass is 9.95. The number of hydrogen-bond acceptors (Lipinski definition) is 2. The van der Waals surface area contributed by atoms with E-state index in [0.717, 1.165) is 45.3 Å². The third-order valence-electron chi connectivity index (χ3n) is 4.03. The molecule has 4 heteroatoms. The molecule has 1 aliphatic heterocycles. The molecule has 0 aromatic carbocycles. The van der Waals surface area contributed by atoms with Gasteiger partial charge in [0.2, 0.25) is 11.8 Å². The van der Waals surface area contributed by atoms with Gasteiger partial charge < -0.3 is 10.2 Å². The molecule has 0 radical (unpaired) electrons. The Hall–Kier alpha value is -1.06. The lowest BCUT2D eigenvalue weighted by molar-refractivity contribution is -0.134. The SMILES string of the molecule is CCC(CC)CNC(=O)C1CCN(C(C)=O)CC1. The van der Waals surface area contributed by atoms with Gasteiger partial charge in [-0.1, -0.05) is 26.7 Å². The molecule has 1 rings (SSSR count). The van der Waals surface area contributed by atoms with Crippen LogP contribution >= 0.6 is 0 Å². The van der Waals surface area contributed by atoms with Crippen molar-refractivity contribution >= 4 is 11.8 Å². The second kappa shape index (κ2) is 7.39. The summed E-state index contributed by atoms with van der Waals surface area (Å²) in [5.41, 5.74) is 0. The molecule has 0 saturated carbocycles. The molecular weight excluding hydrogens is 228 g/mol. The van der Waals surface area contributed by atoms with Crippen molar-refractivity contribution in [1.82, 2.24) is 10.2 Å². The van der Waals surface area contributed by atoms with Crippen LogP contribution in [0.5, 0.6) is 0 Å². The number of likely N-dealkylation sites (tertiary alicyclic amines) is 1. The zero-order valence-electron chi connectivity index (χ0n) is 11.9. The van der Waals surface area contributed by atoms with Crippen LogP contribution in [0.15, 0.2) is 0 Å². The predicted octanol–water partition coefficient (Wildman–Crippen LogP) is 1.80. The van der Waals surface area contributed by atoms with Gasteiger partial charge in [-0.2, -0.15) is 0 Å². The summed E-state index contributed by atoms with van der Waals surface area (Å²) in [6, 6.07) is 0. The summed E-state index contributed by atoms with van der Waals surface area (Å²) < 4.78 is 0. The molecule has 0 atom stereocenters. The van der Waals surface area contributed by atoms with Crippen LogP contribution in [0, 0.1) is 11.8 Å². The Morgan fingerprint density at radius 3 is 2.22 bits per heavy atom. The summed E-state index contributed by atoms with van der Waals surface area (Å²) in [6.45, 7) is 8.14. The third-order valence-corrected chi connectivity index (χ3v) is 4.03. The van der Waals surface area contributed by atoms with Crippen LogP contribution in [-0.4, -0.2) is 36.3 Å². The second-order valence-electron chi connectivity index (χ2n) is 5.21. The van der Waals surface area contributed by atoms with Gasteiger partial charge in [0.05, 0.1) is 0 Å². The van der Waals surface area contributed by atoms with E-state index < -0.39 is 0 Å². The number of rotatable bonds is 5. The molecule has 1 N–H and O–H groups in total. The standard InChI is InChI=1S/C14H26N2O2/c1-4-12(5-2)10-15-14(18)13-6-8-16(9-7-13)11(3)17/h12-13H,4-10H2,1-3H3,(H,15,18). The van der Waals surface area contributed by atoms with Crippen molar-refractivity contribution in [3.8, 4) is 0 Å². The van der Waals surface area contributed by atoms with Gasteiger partial charge in [-0.05, 0) is 18.8 Å². The fraction of sp³-hybridized carbons (Fsp3) is 0.857. The summed E-state index contributed by atoms with van der Waals surface area (Å²) >= 11 is 0. The monoisotopic (exact) mass is 254 g/mol. The van der Waals surface area contributed by atoms with Crippen molar-refractivity contribution in [3.63, 3.8) is 0 Å². The van der Waals surface area contributed by atoms with Crippen LogP contribution in [0.4, 0.5) is 0 Å². The molecule has 0 aromatic rings. The van der Waals surface area contributed by atoms with Gasteiger partial charge in [-0.25, -0.2) is 0 Å². The van der Waals surface area contributed by atoms with E-state index >= 15 is 0 Å². The Morgan fingerprint density at radius 2 is 1.78 bits per heavy atom. The molecule has 0 aliphatic carbocycles. The first-order valence-corrected chi connectivity index (χ1v) is 7.11. The van der Waals surface area contributed by atoms with Gasteiger partial charge in [-0.3, -0.25) is 9.59 Å². The topological polar surface area (TPSA) is 49.4 Å². The average Bonchev–Trinajstić information content (AvgIpc) is 2.39. The third kappa shape index (κ3) is 4.31. The van der Waals surface area contributed by atoms with E-state index in [1.54, 1.807) is 6.92 Å². The Morgan fingerprint density at radius 1 is 1.22 bits per heavy atom. The summed E-state index contributed by atoms with van der Waals surface area (Å²) in [5.74, 6) is 0.970. The Balaban J connectivity index is 2.29. The minimum Gasteiger partial charge on any atom is -0.356 e. The molecule has 1 aliphatic rings. The number of piperidine rings is 1. The van der Waals surface area contributed by atoms with Crippen molar-refractivity contribution < 1.29 is 9.59 Å². The first kappa shape index (κ1) is 15.0. The van der Waals surface area contributed by atoms with E-state index in [1.807, 2.05) is 4.90 Å². The average molecular weight is 254 g/mol. The fourth-order valence-corrected chi connectivity index (χ4v) is 2.42. The van der Waals surface area contributed by atoms with Crippen molar-refractivity contribution in [1.29, 1.82) is 0 Å². The minimum atomic E-state index is 0.0926. The number of carbonyl (C=O) groups is 2. The maximum absolute atomic E-state index is 12.0. The maximum Gasteiger partial charge on any atom is 0.223 e. The summed E-state index contributed by atoms with van der Waals surface area (Å²) in [4.78, 5) is 25.0. The van der Waals surface area contributed by atoms with Crippen LogP contribution in [0.1, 0.15) is 46.5 Å². The molecule has 1 heterocycles. The van der Waals surface area contributed by atoms with Gasteiger partial charge in [-0.15, -0.1) is 0 Å². The molecule has 1 saturated heterocycles. The Bertz CT molecular complexity index is 280. The van der Waals surface area contributed by atoms with Crippen molar-refractivity contribution in [2.45, 2.75) is 46.5 Å². The van der Waals surface area contributed by atoms with Gasteiger partial charge >= 0.3 is 0 Å². The van der Waals surface area contributed by atoms with Crippen LogP contribution in [-0.2, 0) is 9.59 Å². The van der Waals surface area contributed by atoms with Crippen molar-refractivity contribution in [2.24, 2.45) is 11.8 Å². The molecular formula is C14H26N2O2. The molecule has 0 bridgehead atoms. The normalized spacial score (nSPS) is 17.0. The van der Waals surface area contributed by atoms with E-state index in [0.29, 0.717) is 5.92 Å². The van der Waals surface area contributed by atoms with Crippen molar-refractivity contribution in [3.05, 3.63) is 0 Å². The van der Waals surface area contributed by atoms with Crippen LogP contribution < -0.4 is 5.32 Å². The predicted molar refractivity (Wildman–Crippen MR) is 72.1 cm³/mol. The summed E-state index contributed by atoms with van der Waals surface area (Å²) in [5, 5.41) is 3.06. The van der Waals surface area contributed by atoms with E-state index in [1.165, 1.54) is 0 Å². The zero-order chi connectivity index (χ0) is 13.5. The maximum atomic E-state index is 12.0. The van der Waals surface area contributed by atoms with Crippen LogP contribution in [0.2, 0.25) is 0 Å². The molecule has 1 fully saturated rings.